The van der Waals surface area contributed by atoms with Gasteiger partial charge in [-0.3, -0.25) is 4.79 Å². The summed E-state index contributed by atoms with van der Waals surface area (Å²) in [6.45, 7) is 5.60. The number of likely N-dealkylation sites (N-methyl/N-ethyl adjacent to an activating group) is 1. The summed E-state index contributed by atoms with van der Waals surface area (Å²) in [4.78, 5) is 14.9. The van der Waals surface area contributed by atoms with Gasteiger partial charge in [-0.1, -0.05) is 17.3 Å². The van der Waals surface area contributed by atoms with Gasteiger partial charge in [0.05, 0.1) is 16.8 Å². The molecule has 0 saturated carbocycles. The predicted octanol–water partition coefficient (Wildman–Crippen LogP) is 2.69. The number of aryl methyl sites for hydroxylation is 2. The zero-order valence-electron chi connectivity index (χ0n) is 15.0. The van der Waals surface area contributed by atoms with Crippen molar-refractivity contribution in [1.29, 1.82) is 0 Å². The monoisotopic (exact) mass is 343 g/mol. The second-order valence-electron chi connectivity index (χ2n) is 6.47. The van der Waals surface area contributed by atoms with Gasteiger partial charge >= 0.3 is 0 Å². The largest absolute Gasteiger partial charge is 0.488 e. The number of amides is 1. The number of likely N-dealkylation sites (tertiary alicyclic amines) is 1. The molecule has 1 amide bonds. The Balaban J connectivity index is 1.75. The Hall–Kier alpha value is -2.34. The average molecular weight is 343 g/mol. The number of rotatable bonds is 5. The van der Waals surface area contributed by atoms with Crippen LogP contribution < -0.4 is 10.1 Å². The summed E-state index contributed by atoms with van der Waals surface area (Å²) in [5.74, 6) is 1.36. The van der Waals surface area contributed by atoms with Crippen molar-refractivity contribution in [2.45, 2.75) is 39.3 Å². The molecule has 0 spiro atoms. The fourth-order valence-corrected chi connectivity index (χ4v) is 3.19. The van der Waals surface area contributed by atoms with Crippen molar-refractivity contribution in [3.63, 3.8) is 0 Å². The minimum Gasteiger partial charge on any atom is -0.488 e. The fourth-order valence-electron chi connectivity index (χ4n) is 3.19. The van der Waals surface area contributed by atoms with Gasteiger partial charge in [-0.15, -0.1) is 0 Å². The first-order valence-electron chi connectivity index (χ1n) is 8.70. The van der Waals surface area contributed by atoms with Crippen molar-refractivity contribution in [2.24, 2.45) is 0 Å². The van der Waals surface area contributed by atoms with Crippen molar-refractivity contribution >= 4 is 5.91 Å². The van der Waals surface area contributed by atoms with Gasteiger partial charge < -0.3 is 19.5 Å². The maximum atomic E-state index is 13.0. The number of ether oxygens (including phenoxy) is 1. The minimum absolute atomic E-state index is 0.0225. The van der Waals surface area contributed by atoms with Crippen molar-refractivity contribution in [1.82, 2.24) is 15.4 Å². The molecular weight excluding hydrogens is 318 g/mol. The summed E-state index contributed by atoms with van der Waals surface area (Å²) < 4.78 is 11.1. The van der Waals surface area contributed by atoms with Crippen LogP contribution in [0.4, 0.5) is 0 Å². The van der Waals surface area contributed by atoms with Crippen LogP contribution in [0.1, 0.15) is 40.2 Å². The van der Waals surface area contributed by atoms with Crippen LogP contribution in [0.5, 0.6) is 5.75 Å². The molecule has 1 atom stereocenters. The number of benzene rings is 1. The van der Waals surface area contributed by atoms with Crippen LogP contribution in [0, 0.1) is 13.8 Å². The van der Waals surface area contributed by atoms with E-state index in [1.54, 1.807) is 0 Å². The number of para-hydroxylation sites is 1. The zero-order valence-corrected chi connectivity index (χ0v) is 15.0. The van der Waals surface area contributed by atoms with E-state index in [9.17, 15) is 4.79 Å². The van der Waals surface area contributed by atoms with Gasteiger partial charge in [0.1, 0.15) is 18.1 Å². The van der Waals surface area contributed by atoms with E-state index in [0.29, 0.717) is 24.0 Å². The number of hydrogen-bond acceptors (Lipinski definition) is 5. The number of hydrogen-bond donors (Lipinski definition) is 1. The van der Waals surface area contributed by atoms with Crippen LogP contribution in [0.3, 0.4) is 0 Å². The second kappa shape index (κ2) is 7.70. The van der Waals surface area contributed by atoms with Crippen LogP contribution in [0.25, 0.3) is 0 Å². The normalized spacial score (nSPS) is 17.6. The van der Waals surface area contributed by atoms with Gasteiger partial charge in [-0.05, 0) is 45.9 Å². The summed E-state index contributed by atoms with van der Waals surface area (Å²) in [5.41, 5.74) is 2.34. The highest BCUT2D eigenvalue weighted by atomic mass is 16.5. The standard InChI is InChI=1S/C19H25N3O3/c1-13-17(14(2)25-21-13)12-24-18-9-5-4-8-16(18)19(23)22-10-6-7-15(11-22)20-3/h4-5,8-9,15,20H,6-7,10-12H2,1-3H3. The third-order valence-corrected chi connectivity index (χ3v) is 4.79. The molecule has 3 rings (SSSR count). The predicted molar refractivity (Wildman–Crippen MR) is 94.7 cm³/mol. The number of carbonyl (C=O) groups is 1. The molecule has 0 radical (unpaired) electrons. The molecule has 1 aliphatic rings. The first-order valence-corrected chi connectivity index (χ1v) is 8.70. The number of piperidine rings is 1. The smallest absolute Gasteiger partial charge is 0.257 e. The highest BCUT2D eigenvalue weighted by molar-refractivity contribution is 5.97. The zero-order chi connectivity index (χ0) is 17.8. The maximum absolute atomic E-state index is 13.0. The molecule has 1 saturated heterocycles. The van der Waals surface area contributed by atoms with Crippen LogP contribution >= 0.6 is 0 Å². The fraction of sp³-hybridized carbons (Fsp3) is 0.474. The van der Waals surface area contributed by atoms with E-state index < -0.39 is 0 Å². The molecule has 1 aromatic heterocycles. The topological polar surface area (TPSA) is 67.6 Å². The molecule has 1 unspecified atom stereocenters. The molecular formula is C19H25N3O3. The molecule has 1 aromatic carbocycles. The summed E-state index contributed by atoms with van der Waals surface area (Å²) in [5, 5.41) is 7.21. The van der Waals surface area contributed by atoms with Gasteiger partial charge in [0, 0.05) is 19.1 Å². The lowest BCUT2D eigenvalue weighted by molar-refractivity contribution is 0.0693. The first kappa shape index (κ1) is 17.5. The van der Waals surface area contributed by atoms with E-state index in [0.717, 1.165) is 42.9 Å². The van der Waals surface area contributed by atoms with Gasteiger partial charge in [-0.25, -0.2) is 0 Å². The Labute approximate surface area is 148 Å². The summed E-state index contributed by atoms with van der Waals surface area (Å²) in [6.07, 6.45) is 2.11. The SMILES string of the molecule is CNC1CCCN(C(=O)c2ccccc2OCc2c(C)noc2C)C1. The summed E-state index contributed by atoms with van der Waals surface area (Å²) in [7, 11) is 1.94. The lowest BCUT2D eigenvalue weighted by Gasteiger charge is -2.33. The Morgan fingerprint density at radius 2 is 2.20 bits per heavy atom. The quantitative estimate of drug-likeness (QED) is 0.904. The minimum atomic E-state index is 0.0225. The molecule has 1 N–H and O–H groups in total. The number of aromatic nitrogens is 1. The van der Waals surface area contributed by atoms with Crippen molar-refractivity contribution in [2.75, 3.05) is 20.1 Å². The van der Waals surface area contributed by atoms with E-state index in [1.165, 1.54) is 0 Å². The Kier molecular flexibility index (Phi) is 5.38. The van der Waals surface area contributed by atoms with Crippen molar-refractivity contribution in [3.05, 3.63) is 46.8 Å². The summed E-state index contributed by atoms with van der Waals surface area (Å²) in [6, 6.07) is 7.77. The third kappa shape index (κ3) is 3.85. The second-order valence-corrected chi connectivity index (χ2v) is 6.47. The molecule has 0 aliphatic carbocycles. The van der Waals surface area contributed by atoms with E-state index in [1.807, 2.05) is 50.1 Å². The van der Waals surface area contributed by atoms with Gasteiger partial charge in [-0.2, -0.15) is 0 Å². The first-order chi connectivity index (χ1) is 12.1. The molecule has 1 fully saturated rings. The molecule has 1 aliphatic heterocycles. The number of carbonyl (C=O) groups excluding carboxylic acids is 1. The van der Waals surface area contributed by atoms with Crippen LogP contribution in [-0.2, 0) is 6.61 Å². The molecule has 134 valence electrons. The van der Waals surface area contributed by atoms with E-state index in [2.05, 4.69) is 10.5 Å². The van der Waals surface area contributed by atoms with Crippen molar-refractivity contribution in [3.8, 4) is 5.75 Å². The number of nitrogens with zero attached hydrogens (tertiary/aromatic N) is 2. The highest BCUT2D eigenvalue weighted by Crippen LogP contribution is 2.24. The molecule has 2 heterocycles. The Morgan fingerprint density at radius 1 is 1.40 bits per heavy atom. The summed E-state index contributed by atoms with van der Waals surface area (Å²) >= 11 is 0. The van der Waals surface area contributed by atoms with Gasteiger partial charge in [0.25, 0.3) is 5.91 Å². The van der Waals surface area contributed by atoms with Crippen molar-refractivity contribution < 1.29 is 14.1 Å². The Bertz CT molecular complexity index is 722. The lowest BCUT2D eigenvalue weighted by atomic mass is 10.0. The number of nitrogens with one attached hydrogen (secondary N) is 1. The van der Waals surface area contributed by atoms with E-state index >= 15 is 0 Å². The van der Waals surface area contributed by atoms with Crippen LogP contribution in [0.15, 0.2) is 28.8 Å². The molecule has 6 nitrogen and oxygen atoms in total. The maximum Gasteiger partial charge on any atom is 0.257 e. The molecule has 6 heteroatoms. The molecule has 2 aromatic rings. The molecule has 25 heavy (non-hydrogen) atoms. The van der Waals surface area contributed by atoms with Gasteiger partial charge in [0.15, 0.2) is 0 Å². The van der Waals surface area contributed by atoms with Gasteiger partial charge in [0.2, 0.25) is 0 Å². The Morgan fingerprint density at radius 3 is 2.92 bits per heavy atom. The average Bonchev–Trinajstić information content (AvgIpc) is 2.97. The van der Waals surface area contributed by atoms with E-state index in [4.69, 9.17) is 9.26 Å². The molecule has 0 bridgehead atoms. The highest BCUT2D eigenvalue weighted by Gasteiger charge is 2.25. The van der Waals surface area contributed by atoms with Crippen LogP contribution in [0.2, 0.25) is 0 Å². The third-order valence-electron chi connectivity index (χ3n) is 4.79. The van der Waals surface area contributed by atoms with E-state index in [-0.39, 0.29) is 5.91 Å². The van der Waals surface area contributed by atoms with Crippen LogP contribution in [-0.4, -0.2) is 42.1 Å². The lowest BCUT2D eigenvalue weighted by Crippen LogP contribution is -2.47.